The second-order valence-corrected chi connectivity index (χ2v) is 5.35. The number of nitrogens with zero attached hydrogens (tertiary/aromatic N) is 2. The third-order valence-electron chi connectivity index (χ3n) is 1.72. The van der Waals surface area contributed by atoms with Gasteiger partial charge in [-0.3, -0.25) is 0 Å². The topological polar surface area (TPSA) is 25.8 Å². The molecule has 0 N–H and O–H groups in total. The Bertz CT molecular complexity index is 480. The van der Waals surface area contributed by atoms with Crippen LogP contribution < -0.4 is 0 Å². The zero-order valence-corrected chi connectivity index (χ0v) is 10.8. The largest absolute Gasteiger partial charge is 0.222 e. The number of hydrogen-bond acceptors (Lipinski definition) is 3. The van der Waals surface area contributed by atoms with Crippen LogP contribution in [0.5, 0.6) is 0 Å². The van der Waals surface area contributed by atoms with Gasteiger partial charge in [0.15, 0.2) is 0 Å². The van der Waals surface area contributed by atoms with Gasteiger partial charge in [0.1, 0.15) is 15.8 Å². The summed E-state index contributed by atoms with van der Waals surface area (Å²) in [5.74, 6) is 0.732. The van der Waals surface area contributed by atoms with Crippen molar-refractivity contribution in [1.82, 2.24) is 9.97 Å². The van der Waals surface area contributed by atoms with E-state index in [-0.39, 0.29) is 0 Å². The molecule has 0 saturated carbocycles. The minimum absolute atomic E-state index is 0.566. The lowest BCUT2D eigenvalue weighted by atomic mass is 10.4. The SMILES string of the molecule is Cc1nc(Cl)c2c(I)c(C)sc2n1. The summed E-state index contributed by atoms with van der Waals surface area (Å²) in [5, 5.41) is 1.56. The summed E-state index contributed by atoms with van der Waals surface area (Å²) in [7, 11) is 0. The van der Waals surface area contributed by atoms with Gasteiger partial charge in [0.2, 0.25) is 0 Å². The average molecular weight is 325 g/mol. The first-order valence-corrected chi connectivity index (χ1v) is 5.95. The Balaban J connectivity index is 2.94. The Morgan fingerprint density at radius 2 is 2.00 bits per heavy atom. The number of hydrogen-bond donors (Lipinski definition) is 0. The molecule has 0 atom stereocenters. The Morgan fingerprint density at radius 1 is 1.31 bits per heavy atom. The van der Waals surface area contributed by atoms with Crippen molar-refractivity contribution in [3.63, 3.8) is 0 Å². The Morgan fingerprint density at radius 3 is 2.69 bits per heavy atom. The van der Waals surface area contributed by atoms with Crippen LogP contribution in [0.15, 0.2) is 0 Å². The second-order valence-electron chi connectivity index (χ2n) is 2.71. The van der Waals surface area contributed by atoms with Gasteiger partial charge >= 0.3 is 0 Å². The van der Waals surface area contributed by atoms with Crippen molar-refractivity contribution in [1.29, 1.82) is 0 Å². The van der Waals surface area contributed by atoms with Gasteiger partial charge < -0.3 is 0 Å². The average Bonchev–Trinajstić information content (AvgIpc) is 2.27. The second kappa shape index (κ2) is 3.33. The highest BCUT2D eigenvalue weighted by Crippen LogP contribution is 2.34. The van der Waals surface area contributed by atoms with Crippen LogP contribution >= 0.6 is 45.5 Å². The molecule has 2 aromatic heterocycles. The van der Waals surface area contributed by atoms with Crippen LogP contribution in [0.25, 0.3) is 10.2 Å². The van der Waals surface area contributed by atoms with E-state index in [2.05, 4.69) is 39.5 Å². The maximum Gasteiger partial charge on any atom is 0.142 e. The van der Waals surface area contributed by atoms with Gasteiger partial charge in [0.05, 0.1) is 5.39 Å². The number of rotatable bonds is 0. The molecule has 0 aliphatic carbocycles. The molecule has 2 rings (SSSR count). The van der Waals surface area contributed by atoms with Gasteiger partial charge in [0.25, 0.3) is 0 Å². The van der Waals surface area contributed by atoms with Gasteiger partial charge in [-0.25, -0.2) is 9.97 Å². The Hall–Kier alpha value is 0.0600. The fourth-order valence-corrected chi connectivity index (χ4v) is 3.64. The van der Waals surface area contributed by atoms with Gasteiger partial charge in [-0.15, -0.1) is 11.3 Å². The number of thiophene rings is 1. The van der Waals surface area contributed by atoms with Crippen LogP contribution in [-0.4, -0.2) is 9.97 Å². The first kappa shape index (κ1) is 9.61. The highest BCUT2D eigenvalue weighted by Gasteiger charge is 2.12. The smallest absolute Gasteiger partial charge is 0.142 e. The molecule has 0 aliphatic rings. The minimum Gasteiger partial charge on any atom is -0.222 e. The van der Waals surface area contributed by atoms with Gasteiger partial charge in [-0.1, -0.05) is 11.6 Å². The molecule has 0 unspecified atom stereocenters. The first-order valence-electron chi connectivity index (χ1n) is 3.68. The van der Waals surface area contributed by atoms with Crippen molar-refractivity contribution in [3.05, 3.63) is 19.4 Å². The quantitative estimate of drug-likeness (QED) is 0.547. The fourth-order valence-electron chi connectivity index (χ4n) is 1.14. The number of aryl methyl sites for hydroxylation is 2. The molecule has 0 aromatic carbocycles. The third-order valence-corrected chi connectivity index (χ3v) is 4.71. The van der Waals surface area contributed by atoms with Crippen molar-refractivity contribution in [2.75, 3.05) is 0 Å². The monoisotopic (exact) mass is 324 g/mol. The van der Waals surface area contributed by atoms with Crippen molar-refractivity contribution in [2.45, 2.75) is 13.8 Å². The summed E-state index contributed by atoms with van der Waals surface area (Å²) in [6.45, 7) is 3.92. The molecule has 0 spiro atoms. The summed E-state index contributed by atoms with van der Waals surface area (Å²) in [6, 6.07) is 0. The molecule has 2 aromatic rings. The van der Waals surface area contributed by atoms with Crippen molar-refractivity contribution in [2.24, 2.45) is 0 Å². The zero-order valence-electron chi connectivity index (χ0n) is 7.06. The molecule has 13 heavy (non-hydrogen) atoms. The Kier molecular flexibility index (Phi) is 2.46. The lowest BCUT2D eigenvalue weighted by Crippen LogP contribution is -1.87. The lowest BCUT2D eigenvalue weighted by Gasteiger charge is -1.95. The zero-order chi connectivity index (χ0) is 9.59. The molecule has 2 nitrogen and oxygen atoms in total. The molecule has 0 aliphatic heterocycles. The summed E-state index contributed by atoms with van der Waals surface area (Å²) in [4.78, 5) is 10.7. The third kappa shape index (κ3) is 1.55. The van der Waals surface area contributed by atoms with Crippen molar-refractivity contribution >= 4 is 55.7 Å². The maximum atomic E-state index is 6.03. The van der Waals surface area contributed by atoms with E-state index in [1.807, 2.05) is 6.92 Å². The van der Waals surface area contributed by atoms with E-state index >= 15 is 0 Å². The highest BCUT2D eigenvalue weighted by atomic mass is 127. The van der Waals surface area contributed by atoms with E-state index in [4.69, 9.17) is 11.6 Å². The Labute approximate surface area is 98.5 Å². The number of halogens is 2. The molecule has 0 amide bonds. The van der Waals surface area contributed by atoms with E-state index in [9.17, 15) is 0 Å². The minimum atomic E-state index is 0.566. The normalized spacial score (nSPS) is 11.1. The van der Waals surface area contributed by atoms with E-state index in [0.29, 0.717) is 5.15 Å². The molecular formula is C8H6ClIN2S. The van der Waals surface area contributed by atoms with Crippen LogP contribution in [-0.2, 0) is 0 Å². The molecule has 0 radical (unpaired) electrons. The summed E-state index contributed by atoms with van der Waals surface area (Å²) >= 11 is 9.98. The van der Waals surface area contributed by atoms with E-state index in [1.165, 1.54) is 8.45 Å². The summed E-state index contributed by atoms with van der Waals surface area (Å²) in [5.41, 5.74) is 0. The highest BCUT2D eigenvalue weighted by molar-refractivity contribution is 14.1. The lowest BCUT2D eigenvalue weighted by molar-refractivity contribution is 1.10. The number of aromatic nitrogens is 2. The van der Waals surface area contributed by atoms with E-state index in [0.717, 1.165) is 16.0 Å². The predicted octanol–water partition coefficient (Wildman–Crippen LogP) is 3.57. The van der Waals surface area contributed by atoms with Gasteiger partial charge in [-0.2, -0.15) is 0 Å². The molecule has 0 saturated heterocycles. The van der Waals surface area contributed by atoms with Crippen molar-refractivity contribution in [3.8, 4) is 0 Å². The van der Waals surface area contributed by atoms with Crippen LogP contribution in [0.1, 0.15) is 10.7 Å². The molecular weight excluding hydrogens is 319 g/mol. The standard InChI is InChI=1S/C8H6ClIN2S/c1-3-6(10)5-7(9)11-4(2)12-8(5)13-3/h1-2H3. The fraction of sp³-hybridized carbons (Fsp3) is 0.250. The van der Waals surface area contributed by atoms with Gasteiger partial charge in [-0.05, 0) is 36.4 Å². The predicted molar refractivity (Wildman–Crippen MR) is 64.6 cm³/mol. The molecule has 68 valence electrons. The maximum absolute atomic E-state index is 6.03. The molecule has 2 heterocycles. The van der Waals surface area contributed by atoms with Crippen LogP contribution in [0.2, 0.25) is 5.15 Å². The molecule has 5 heteroatoms. The summed E-state index contributed by atoms with van der Waals surface area (Å²) in [6.07, 6.45) is 0. The van der Waals surface area contributed by atoms with E-state index < -0.39 is 0 Å². The summed E-state index contributed by atoms with van der Waals surface area (Å²) < 4.78 is 1.17. The van der Waals surface area contributed by atoms with Crippen LogP contribution in [0, 0.1) is 17.4 Å². The van der Waals surface area contributed by atoms with Crippen molar-refractivity contribution < 1.29 is 0 Å². The van der Waals surface area contributed by atoms with Gasteiger partial charge in [0, 0.05) is 8.45 Å². The van der Waals surface area contributed by atoms with E-state index in [1.54, 1.807) is 11.3 Å². The molecule has 0 bridgehead atoms. The molecule has 0 fully saturated rings. The van der Waals surface area contributed by atoms with Crippen LogP contribution in [0.4, 0.5) is 0 Å². The first-order chi connectivity index (χ1) is 6.09. The number of fused-ring (bicyclic) bond motifs is 1. The van der Waals surface area contributed by atoms with Crippen LogP contribution in [0.3, 0.4) is 0 Å².